The lowest BCUT2D eigenvalue weighted by molar-refractivity contribution is 0.102. The molecule has 1 aliphatic heterocycles. The third-order valence-electron chi connectivity index (χ3n) is 7.00. The highest BCUT2D eigenvalue weighted by Gasteiger charge is 2.37. The highest BCUT2D eigenvalue weighted by Crippen LogP contribution is 2.44. The number of halogens is 1. The summed E-state index contributed by atoms with van der Waals surface area (Å²) in [6.07, 6.45) is 7.44. The average Bonchev–Trinajstić information content (AvgIpc) is 3.15. The van der Waals surface area contributed by atoms with Gasteiger partial charge < -0.3 is 20.3 Å². The molecule has 0 saturated carbocycles. The maximum atomic E-state index is 11.9. The lowest BCUT2D eigenvalue weighted by Gasteiger charge is -2.39. The van der Waals surface area contributed by atoms with Gasteiger partial charge in [0.1, 0.15) is 11.4 Å². The minimum Gasteiger partial charge on any atom is -0.384 e. The molecule has 9 heteroatoms. The first-order valence-electron chi connectivity index (χ1n) is 11.7. The van der Waals surface area contributed by atoms with Gasteiger partial charge in [0.05, 0.1) is 18.3 Å². The number of carbonyl (C=O) groups excluding carboxylic acids is 1. The van der Waals surface area contributed by atoms with Crippen LogP contribution in [0.5, 0.6) is 0 Å². The number of nitrogens with zero attached hydrogens (tertiary/aromatic N) is 5. The smallest absolute Gasteiger partial charge is 0.314 e. The lowest BCUT2D eigenvalue weighted by atomic mass is 9.85. The van der Waals surface area contributed by atoms with Crippen LogP contribution in [0.3, 0.4) is 0 Å². The summed E-state index contributed by atoms with van der Waals surface area (Å²) in [5.74, 6) is 0.832. The maximum Gasteiger partial charge on any atom is 0.314 e. The Bertz CT molecular complexity index is 1290. The van der Waals surface area contributed by atoms with E-state index >= 15 is 0 Å². The van der Waals surface area contributed by atoms with Crippen molar-refractivity contribution >= 4 is 29.3 Å². The molecule has 3 heterocycles. The van der Waals surface area contributed by atoms with Crippen molar-refractivity contribution in [3.8, 4) is 0 Å². The largest absolute Gasteiger partial charge is 0.384 e. The minimum absolute atomic E-state index is 0.159. The van der Waals surface area contributed by atoms with Crippen molar-refractivity contribution in [2.24, 2.45) is 5.73 Å². The van der Waals surface area contributed by atoms with Crippen molar-refractivity contribution in [3.63, 3.8) is 0 Å². The summed E-state index contributed by atoms with van der Waals surface area (Å²) < 4.78 is 1.95. The standard InChI is InChI=1S/C26H29ClN6O2/c1-17-29-8-9-33(17)16-26(2,35)22-14-18-4-3-7-30-23(18)24(20-6-5-19(27)15-21(20)22)31-10-12-32(13-11-31)25(28)34/h3-9,14-15,24,35H,10-13,16H2,1-2H3,(H2,28,34)/t24-,26?/m0/s1. The molecule has 35 heavy (non-hydrogen) atoms. The molecule has 0 spiro atoms. The molecule has 182 valence electrons. The minimum atomic E-state index is -1.21. The number of benzene rings is 1. The molecule has 3 aromatic rings. The Kier molecular flexibility index (Phi) is 6.13. The molecule has 0 bridgehead atoms. The number of aliphatic hydroxyl groups is 1. The molecule has 1 fully saturated rings. The zero-order chi connectivity index (χ0) is 24.7. The first-order valence-corrected chi connectivity index (χ1v) is 12.1. The summed E-state index contributed by atoms with van der Waals surface area (Å²) in [7, 11) is 0. The normalized spacial score (nSPS) is 19.8. The van der Waals surface area contributed by atoms with E-state index in [1.165, 1.54) is 0 Å². The monoisotopic (exact) mass is 492 g/mol. The molecule has 0 radical (unpaired) electrons. The second kappa shape index (κ2) is 9.11. The summed E-state index contributed by atoms with van der Waals surface area (Å²) in [6, 6.07) is 9.22. The molecular weight excluding hydrogens is 464 g/mol. The first kappa shape index (κ1) is 23.5. The van der Waals surface area contributed by atoms with Gasteiger partial charge in [-0.15, -0.1) is 0 Å². The van der Waals surface area contributed by atoms with Crippen LogP contribution in [0.15, 0.2) is 48.9 Å². The highest BCUT2D eigenvalue weighted by molar-refractivity contribution is 6.30. The molecule has 8 nitrogen and oxygen atoms in total. The fourth-order valence-corrected chi connectivity index (χ4v) is 5.34. The van der Waals surface area contributed by atoms with E-state index in [1.807, 2.05) is 61.0 Å². The first-order chi connectivity index (χ1) is 16.7. The molecule has 1 unspecified atom stereocenters. The lowest BCUT2D eigenvalue weighted by Crippen LogP contribution is -2.51. The second-order valence-corrected chi connectivity index (χ2v) is 9.84. The van der Waals surface area contributed by atoms with Gasteiger partial charge in [0.15, 0.2) is 0 Å². The number of piperazine rings is 1. The van der Waals surface area contributed by atoms with E-state index in [9.17, 15) is 9.90 Å². The number of aromatic nitrogens is 3. The number of carbonyl (C=O) groups is 1. The summed E-state index contributed by atoms with van der Waals surface area (Å²) in [5, 5.41) is 12.5. The van der Waals surface area contributed by atoms with Crippen LogP contribution < -0.4 is 5.73 Å². The van der Waals surface area contributed by atoms with E-state index in [4.69, 9.17) is 22.3 Å². The fraction of sp³-hybridized carbons (Fsp3) is 0.346. The van der Waals surface area contributed by atoms with Gasteiger partial charge in [-0.3, -0.25) is 9.88 Å². The van der Waals surface area contributed by atoms with Crippen LogP contribution in [-0.2, 0) is 6.54 Å². The van der Waals surface area contributed by atoms with Gasteiger partial charge in [-0.2, -0.15) is 0 Å². The van der Waals surface area contributed by atoms with Crippen molar-refractivity contribution in [3.05, 3.63) is 82.2 Å². The quantitative estimate of drug-likeness (QED) is 0.581. The van der Waals surface area contributed by atoms with E-state index < -0.39 is 11.6 Å². The van der Waals surface area contributed by atoms with Crippen LogP contribution in [0.25, 0.3) is 11.6 Å². The van der Waals surface area contributed by atoms with E-state index in [2.05, 4.69) is 9.88 Å². The van der Waals surface area contributed by atoms with Gasteiger partial charge in [-0.1, -0.05) is 23.7 Å². The molecule has 1 aliphatic carbocycles. The van der Waals surface area contributed by atoms with Gasteiger partial charge in [0.2, 0.25) is 0 Å². The highest BCUT2D eigenvalue weighted by atomic mass is 35.5. The van der Waals surface area contributed by atoms with Crippen LogP contribution in [-0.4, -0.2) is 67.3 Å². The number of hydrogen-bond donors (Lipinski definition) is 2. The molecule has 2 atom stereocenters. The summed E-state index contributed by atoms with van der Waals surface area (Å²) in [6.45, 7) is 6.50. The molecule has 2 amide bonds. The zero-order valence-corrected chi connectivity index (χ0v) is 20.6. The number of imidazole rings is 1. The van der Waals surface area contributed by atoms with Gasteiger partial charge >= 0.3 is 6.03 Å². The van der Waals surface area contributed by atoms with Crippen LogP contribution in [0, 0.1) is 6.92 Å². The summed E-state index contributed by atoms with van der Waals surface area (Å²) in [5.41, 5.74) is 8.85. The number of hydrogen-bond acceptors (Lipinski definition) is 5. The molecule has 1 saturated heterocycles. The van der Waals surface area contributed by atoms with Crippen LogP contribution >= 0.6 is 11.6 Å². The molecule has 1 aromatic carbocycles. The van der Waals surface area contributed by atoms with Crippen molar-refractivity contribution < 1.29 is 9.90 Å². The number of aryl methyl sites for hydroxylation is 1. The van der Waals surface area contributed by atoms with E-state index in [1.54, 1.807) is 17.3 Å². The number of primary amides is 1. The van der Waals surface area contributed by atoms with Crippen molar-refractivity contribution in [1.29, 1.82) is 0 Å². The van der Waals surface area contributed by atoms with Crippen LogP contribution in [0.1, 0.15) is 41.2 Å². The fourth-order valence-electron chi connectivity index (χ4n) is 5.16. The summed E-state index contributed by atoms with van der Waals surface area (Å²) in [4.78, 5) is 24.8. The summed E-state index contributed by atoms with van der Waals surface area (Å²) >= 11 is 6.50. The zero-order valence-electron chi connectivity index (χ0n) is 19.9. The van der Waals surface area contributed by atoms with Gasteiger partial charge in [0, 0.05) is 49.8 Å². The number of rotatable bonds is 4. The Hall–Kier alpha value is -3.20. The molecular formula is C26H29ClN6O2. The molecule has 5 rings (SSSR count). The number of amides is 2. The SMILES string of the molecule is Cc1nccn1CC(C)(O)C1=Cc2cccnc2[C@@H](N2CCN(C(N)=O)CC2)c2ccc(Cl)cc21. The van der Waals surface area contributed by atoms with Crippen molar-refractivity contribution in [1.82, 2.24) is 24.3 Å². The number of nitrogens with two attached hydrogens (primary N) is 1. The predicted molar refractivity (Wildman–Crippen MR) is 136 cm³/mol. The van der Waals surface area contributed by atoms with Crippen LogP contribution in [0.4, 0.5) is 4.79 Å². The topological polar surface area (TPSA) is 101 Å². The molecule has 2 aromatic heterocycles. The maximum absolute atomic E-state index is 11.9. The third kappa shape index (κ3) is 4.45. The van der Waals surface area contributed by atoms with Crippen LogP contribution in [0.2, 0.25) is 5.02 Å². The van der Waals surface area contributed by atoms with E-state index in [0.717, 1.165) is 33.8 Å². The van der Waals surface area contributed by atoms with E-state index in [0.29, 0.717) is 37.7 Å². The van der Waals surface area contributed by atoms with Gasteiger partial charge in [0.25, 0.3) is 0 Å². The number of pyridine rings is 1. The van der Waals surface area contributed by atoms with Gasteiger partial charge in [-0.25, -0.2) is 9.78 Å². The molecule has 3 N–H and O–H groups in total. The Morgan fingerprint density at radius 2 is 1.97 bits per heavy atom. The average molecular weight is 493 g/mol. The van der Waals surface area contributed by atoms with Crippen molar-refractivity contribution in [2.75, 3.05) is 26.2 Å². The third-order valence-corrected chi connectivity index (χ3v) is 7.24. The predicted octanol–water partition coefficient (Wildman–Crippen LogP) is 3.33. The number of urea groups is 1. The Balaban J connectivity index is 1.63. The Morgan fingerprint density at radius 3 is 2.66 bits per heavy atom. The Morgan fingerprint density at radius 1 is 1.20 bits per heavy atom. The number of fused-ring (bicyclic) bond motifs is 2. The Labute approximate surface area is 209 Å². The van der Waals surface area contributed by atoms with Gasteiger partial charge in [-0.05, 0) is 60.4 Å². The second-order valence-electron chi connectivity index (χ2n) is 9.41. The van der Waals surface area contributed by atoms with E-state index in [-0.39, 0.29) is 6.04 Å². The van der Waals surface area contributed by atoms with Crippen molar-refractivity contribution in [2.45, 2.75) is 32.0 Å². The molecule has 2 aliphatic rings.